The second-order valence-electron chi connectivity index (χ2n) is 10.0. The highest BCUT2D eigenvalue weighted by molar-refractivity contribution is 5.93. The summed E-state index contributed by atoms with van der Waals surface area (Å²) < 4.78 is 5.92. The van der Waals surface area contributed by atoms with Gasteiger partial charge in [-0.3, -0.25) is 14.8 Å². The topological polar surface area (TPSA) is 90.9 Å². The first-order valence-corrected chi connectivity index (χ1v) is 12.9. The highest BCUT2D eigenvalue weighted by Gasteiger charge is 2.33. The second-order valence-corrected chi connectivity index (χ2v) is 10.0. The van der Waals surface area contributed by atoms with Gasteiger partial charge < -0.3 is 15.0 Å². The van der Waals surface area contributed by atoms with Crippen LogP contribution in [-0.2, 0) is 9.53 Å². The van der Waals surface area contributed by atoms with Crippen LogP contribution in [-0.4, -0.2) is 48.9 Å². The molecule has 3 aliphatic rings. The molecule has 182 valence electrons. The van der Waals surface area contributed by atoms with Gasteiger partial charge in [0, 0.05) is 24.3 Å². The summed E-state index contributed by atoms with van der Waals surface area (Å²) in [5.41, 5.74) is 3.20. The Hall–Kier alpha value is -2.12. The minimum Gasteiger partial charge on any atom is -0.461 e. The van der Waals surface area contributed by atoms with Gasteiger partial charge in [0.1, 0.15) is 12.1 Å². The third-order valence-electron chi connectivity index (χ3n) is 7.80. The van der Waals surface area contributed by atoms with Gasteiger partial charge in [-0.25, -0.2) is 5.48 Å². The molecule has 1 heterocycles. The van der Waals surface area contributed by atoms with Crippen LogP contribution in [0.4, 0.5) is 5.69 Å². The number of piperidine rings is 1. The molecule has 1 aromatic rings. The first kappa shape index (κ1) is 24.0. The Morgan fingerprint density at radius 1 is 0.939 bits per heavy atom. The predicted octanol–water partition coefficient (Wildman–Crippen LogP) is 4.05. The first-order valence-electron chi connectivity index (χ1n) is 12.9. The van der Waals surface area contributed by atoms with Crippen LogP contribution >= 0.6 is 0 Å². The molecule has 0 bridgehead atoms. The van der Waals surface area contributed by atoms with E-state index >= 15 is 0 Å². The molecule has 2 saturated carbocycles. The van der Waals surface area contributed by atoms with Crippen LogP contribution in [0, 0.1) is 11.8 Å². The van der Waals surface area contributed by atoms with Gasteiger partial charge in [0.2, 0.25) is 0 Å². The number of rotatable bonds is 8. The summed E-state index contributed by atoms with van der Waals surface area (Å²) in [6.45, 7) is 2.78. The molecule has 1 amide bonds. The maximum Gasteiger partial charge on any atom is 0.323 e. The van der Waals surface area contributed by atoms with Gasteiger partial charge in [-0.1, -0.05) is 19.3 Å². The summed E-state index contributed by atoms with van der Waals surface area (Å²) in [7, 11) is 0. The number of benzene rings is 1. The van der Waals surface area contributed by atoms with Crippen LogP contribution in [0.5, 0.6) is 0 Å². The monoisotopic (exact) mass is 457 g/mol. The standard InChI is InChI=1S/C26H39N3O4/c30-25(28-32)21-10-12-22(13-11-21)29-16-14-19(15-17-29)18-27-24(20-6-2-1-3-7-20)26(31)33-23-8-4-5-9-23/h10-13,19-20,23-24,27,32H,1-9,14-18H2,(H,28,30)/t24-/m0/s1. The summed E-state index contributed by atoms with van der Waals surface area (Å²) in [6, 6.07) is 7.18. The molecule has 4 rings (SSSR count). The van der Waals surface area contributed by atoms with Crippen molar-refractivity contribution in [1.82, 2.24) is 10.8 Å². The Balaban J connectivity index is 1.27. The number of nitrogens with zero attached hydrogens (tertiary/aromatic N) is 1. The lowest BCUT2D eigenvalue weighted by atomic mass is 9.83. The maximum absolute atomic E-state index is 13.1. The molecule has 0 unspecified atom stereocenters. The van der Waals surface area contributed by atoms with Gasteiger partial charge >= 0.3 is 5.97 Å². The van der Waals surface area contributed by atoms with E-state index in [1.165, 1.54) is 32.1 Å². The van der Waals surface area contributed by atoms with E-state index in [2.05, 4.69) is 10.2 Å². The number of amides is 1. The van der Waals surface area contributed by atoms with Crippen molar-refractivity contribution >= 4 is 17.6 Å². The molecule has 3 N–H and O–H groups in total. The van der Waals surface area contributed by atoms with Crippen LogP contribution in [0.15, 0.2) is 24.3 Å². The Morgan fingerprint density at radius 2 is 1.58 bits per heavy atom. The van der Waals surface area contributed by atoms with Gasteiger partial charge in [0.05, 0.1) is 0 Å². The zero-order chi connectivity index (χ0) is 23.0. The molecule has 0 aromatic heterocycles. The molecule has 1 atom stereocenters. The van der Waals surface area contributed by atoms with E-state index in [1.54, 1.807) is 17.6 Å². The zero-order valence-electron chi connectivity index (χ0n) is 19.6. The molecule has 0 spiro atoms. The Kier molecular flexibility index (Phi) is 8.62. The molecule has 7 nitrogen and oxygen atoms in total. The normalized spacial score (nSPS) is 21.7. The number of carbonyl (C=O) groups is 2. The number of ether oxygens (including phenoxy) is 1. The lowest BCUT2D eigenvalue weighted by Gasteiger charge is -2.36. The molecule has 1 aromatic carbocycles. The minimum atomic E-state index is -0.495. The first-order chi connectivity index (χ1) is 16.1. The Labute approximate surface area is 197 Å². The Bertz CT molecular complexity index is 764. The molecule has 3 fully saturated rings. The molecule has 33 heavy (non-hydrogen) atoms. The van der Waals surface area contributed by atoms with Gasteiger partial charge in [-0.05, 0) is 94.0 Å². The SMILES string of the molecule is O=C(NO)c1ccc(N2CCC(CN[C@H](C(=O)OC3CCCC3)C3CCCCC3)CC2)cc1. The smallest absolute Gasteiger partial charge is 0.323 e. The van der Waals surface area contributed by atoms with E-state index in [0.717, 1.165) is 63.8 Å². The molecule has 2 aliphatic carbocycles. The maximum atomic E-state index is 13.1. The van der Waals surface area contributed by atoms with E-state index in [9.17, 15) is 9.59 Å². The summed E-state index contributed by atoms with van der Waals surface area (Å²) >= 11 is 0. The lowest BCUT2D eigenvalue weighted by molar-refractivity contribution is -0.153. The summed E-state index contributed by atoms with van der Waals surface area (Å²) in [5.74, 6) is 0.442. The van der Waals surface area contributed by atoms with E-state index in [4.69, 9.17) is 9.94 Å². The van der Waals surface area contributed by atoms with Crippen molar-refractivity contribution in [3.05, 3.63) is 29.8 Å². The van der Waals surface area contributed by atoms with E-state index in [-0.39, 0.29) is 18.1 Å². The molecular formula is C26H39N3O4. The highest BCUT2D eigenvalue weighted by atomic mass is 16.5. The Morgan fingerprint density at radius 3 is 2.21 bits per heavy atom. The van der Waals surface area contributed by atoms with Gasteiger partial charge in [0.25, 0.3) is 5.91 Å². The molecule has 1 aliphatic heterocycles. The summed E-state index contributed by atoms with van der Waals surface area (Å²) in [4.78, 5) is 26.9. The second kappa shape index (κ2) is 11.8. The highest BCUT2D eigenvalue weighted by Crippen LogP contribution is 2.30. The van der Waals surface area contributed by atoms with E-state index < -0.39 is 5.91 Å². The fraction of sp³-hybridized carbons (Fsp3) is 0.692. The van der Waals surface area contributed by atoms with Crippen molar-refractivity contribution in [3.8, 4) is 0 Å². The van der Waals surface area contributed by atoms with Crippen molar-refractivity contribution in [1.29, 1.82) is 0 Å². The molecular weight excluding hydrogens is 418 g/mol. The van der Waals surface area contributed by atoms with Crippen LogP contribution in [0.3, 0.4) is 0 Å². The minimum absolute atomic E-state index is 0.0155. The third-order valence-corrected chi connectivity index (χ3v) is 7.80. The largest absolute Gasteiger partial charge is 0.461 e. The fourth-order valence-corrected chi connectivity index (χ4v) is 5.73. The number of esters is 1. The quantitative estimate of drug-likeness (QED) is 0.310. The molecule has 1 saturated heterocycles. The van der Waals surface area contributed by atoms with Gasteiger partial charge in [-0.15, -0.1) is 0 Å². The van der Waals surface area contributed by atoms with Crippen molar-refractivity contribution in [3.63, 3.8) is 0 Å². The summed E-state index contributed by atoms with van der Waals surface area (Å²) in [6.07, 6.45) is 12.6. The number of anilines is 1. The van der Waals surface area contributed by atoms with Crippen LogP contribution in [0.25, 0.3) is 0 Å². The van der Waals surface area contributed by atoms with Crippen LogP contribution in [0.2, 0.25) is 0 Å². The van der Waals surface area contributed by atoms with Crippen LogP contribution in [0.1, 0.15) is 81.0 Å². The number of nitrogens with one attached hydrogen (secondary N) is 2. The van der Waals surface area contributed by atoms with Crippen molar-refractivity contribution in [2.24, 2.45) is 11.8 Å². The van der Waals surface area contributed by atoms with E-state index in [1.807, 2.05) is 12.1 Å². The average molecular weight is 458 g/mol. The van der Waals surface area contributed by atoms with Crippen molar-refractivity contribution in [2.45, 2.75) is 82.8 Å². The number of hydroxylamine groups is 1. The van der Waals surface area contributed by atoms with Gasteiger partial charge in [0.15, 0.2) is 0 Å². The van der Waals surface area contributed by atoms with Crippen LogP contribution < -0.4 is 15.7 Å². The number of hydrogen-bond donors (Lipinski definition) is 3. The third kappa shape index (κ3) is 6.48. The van der Waals surface area contributed by atoms with Crippen molar-refractivity contribution in [2.75, 3.05) is 24.5 Å². The summed E-state index contributed by atoms with van der Waals surface area (Å²) in [5, 5.41) is 12.4. The number of hydrogen-bond acceptors (Lipinski definition) is 6. The fourth-order valence-electron chi connectivity index (χ4n) is 5.73. The molecule has 0 radical (unpaired) electrons. The van der Waals surface area contributed by atoms with Gasteiger partial charge in [-0.2, -0.15) is 0 Å². The average Bonchev–Trinajstić information content (AvgIpc) is 3.38. The lowest BCUT2D eigenvalue weighted by Crippen LogP contribution is -2.48. The van der Waals surface area contributed by atoms with E-state index in [0.29, 0.717) is 17.4 Å². The number of carbonyl (C=O) groups excluding carboxylic acids is 2. The van der Waals surface area contributed by atoms with Crippen molar-refractivity contribution < 1.29 is 19.5 Å². The predicted molar refractivity (Wildman–Crippen MR) is 127 cm³/mol. The molecule has 7 heteroatoms. The zero-order valence-corrected chi connectivity index (χ0v) is 19.6.